The molecule has 0 N–H and O–H groups in total. The van der Waals surface area contributed by atoms with Gasteiger partial charge in [-0.3, -0.25) is 0 Å². The second kappa shape index (κ2) is 4.58. The zero-order valence-corrected chi connectivity index (χ0v) is 10.3. The standard InChI is InChI=1S/C9H4Cl3NOS/c10-5-2-1-3-6(8(5)12)14-9-13-7(11)4-15-9/h1-4H. The number of rotatable bonds is 2. The third-order valence-electron chi connectivity index (χ3n) is 1.57. The molecular formula is C9H4Cl3NOS. The van der Waals surface area contributed by atoms with E-state index in [9.17, 15) is 0 Å². The maximum atomic E-state index is 5.94. The highest BCUT2D eigenvalue weighted by Crippen LogP contribution is 2.35. The van der Waals surface area contributed by atoms with Crippen LogP contribution in [-0.2, 0) is 0 Å². The predicted molar refractivity (Wildman–Crippen MR) is 63.7 cm³/mol. The van der Waals surface area contributed by atoms with E-state index in [0.717, 1.165) is 0 Å². The Hall–Kier alpha value is -0.480. The van der Waals surface area contributed by atoms with E-state index in [4.69, 9.17) is 39.5 Å². The van der Waals surface area contributed by atoms with Gasteiger partial charge in [-0.15, -0.1) is 0 Å². The minimum Gasteiger partial charge on any atom is -0.429 e. The SMILES string of the molecule is Clc1csc(Oc2cccc(Cl)c2Cl)n1. The summed E-state index contributed by atoms with van der Waals surface area (Å²) in [5, 5.41) is 3.31. The Balaban J connectivity index is 2.28. The second-order valence-electron chi connectivity index (χ2n) is 2.59. The third kappa shape index (κ3) is 2.55. The molecule has 1 heterocycles. The van der Waals surface area contributed by atoms with Crippen LogP contribution in [0.5, 0.6) is 10.9 Å². The van der Waals surface area contributed by atoms with Crippen molar-refractivity contribution in [3.8, 4) is 10.9 Å². The highest BCUT2D eigenvalue weighted by molar-refractivity contribution is 7.11. The van der Waals surface area contributed by atoms with Gasteiger partial charge in [-0.05, 0) is 12.1 Å². The highest BCUT2D eigenvalue weighted by atomic mass is 35.5. The summed E-state index contributed by atoms with van der Waals surface area (Å²) in [5.41, 5.74) is 0. The number of aromatic nitrogens is 1. The summed E-state index contributed by atoms with van der Waals surface area (Å²) in [4.78, 5) is 3.94. The normalized spacial score (nSPS) is 10.3. The van der Waals surface area contributed by atoms with Gasteiger partial charge in [0.15, 0.2) is 0 Å². The minimum atomic E-state index is 0.366. The quantitative estimate of drug-likeness (QED) is 0.781. The lowest BCUT2D eigenvalue weighted by Crippen LogP contribution is -1.84. The van der Waals surface area contributed by atoms with Gasteiger partial charge < -0.3 is 4.74 Å². The monoisotopic (exact) mass is 279 g/mol. The maximum Gasteiger partial charge on any atom is 0.280 e. The van der Waals surface area contributed by atoms with Crippen molar-refractivity contribution in [3.63, 3.8) is 0 Å². The van der Waals surface area contributed by atoms with Gasteiger partial charge in [-0.25, -0.2) is 0 Å². The minimum absolute atomic E-state index is 0.366. The van der Waals surface area contributed by atoms with E-state index in [1.807, 2.05) is 0 Å². The van der Waals surface area contributed by atoms with Gasteiger partial charge in [0.2, 0.25) is 0 Å². The summed E-state index contributed by atoms with van der Waals surface area (Å²) in [7, 11) is 0. The summed E-state index contributed by atoms with van der Waals surface area (Å²) in [6, 6.07) is 5.15. The molecule has 1 aromatic heterocycles. The first-order valence-corrected chi connectivity index (χ1v) is 5.91. The first-order valence-electron chi connectivity index (χ1n) is 3.89. The molecule has 6 heteroatoms. The smallest absolute Gasteiger partial charge is 0.280 e. The number of nitrogens with zero attached hydrogens (tertiary/aromatic N) is 1. The summed E-state index contributed by atoms with van der Waals surface area (Å²) in [5.74, 6) is 0.468. The molecule has 0 unspecified atom stereocenters. The second-order valence-corrected chi connectivity index (χ2v) is 4.58. The molecule has 78 valence electrons. The molecule has 0 aliphatic rings. The van der Waals surface area contributed by atoms with Gasteiger partial charge in [0, 0.05) is 5.38 Å². The van der Waals surface area contributed by atoms with Gasteiger partial charge in [0.25, 0.3) is 5.19 Å². The lowest BCUT2D eigenvalue weighted by molar-refractivity contribution is 0.479. The molecule has 0 aliphatic carbocycles. The summed E-state index contributed by atoms with van der Waals surface area (Å²) in [6.07, 6.45) is 0. The fraction of sp³-hybridized carbons (Fsp3) is 0. The topological polar surface area (TPSA) is 22.1 Å². The molecule has 1 aromatic carbocycles. The molecule has 0 amide bonds. The number of ether oxygens (including phenoxy) is 1. The van der Waals surface area contributed by atoms with Gasteiger partial charge in [0.05, 0.1) is 5.02 Å². The third-order valence-corrected chi connectivity index (χ3v) is 3.41. The van der Waals surface area contributed by atoms with Crippen LogP contribution in [0.3, 0.4) is 0 Å². The summed E-state index contributed by atoms with van der Waals surface area (Å²) < 4.78 is 5.42. The van der Waals surface area contributed by atoms with E-state index < -0.39 is 0 Å². The van der Waals surface area contributed by atoms with Crippen molar-refractivity contribution in [2.24, 2.45) is 0 Å². The molecule has 0 saturated heterocycles. The van der Waals surface area contributed by atoms with Crippen LogP contribution >= 0.6 is 46.1 Å². The fourth-order valence-electron chi connectivity index (χ4n) is 0.943. The molecule has 2 aromatic rings. The molecule has 15 heavy (non-hydrogen) atoms. The van der Waals surface area contributed by atoms with Crippen LogP contribution in [0.4, 0.5) is 0 Å². The lowest BCUT2D eigenvalue weighted by atomic mass is 10.3. The molecule has 2 nitrogen and oxygen atoms in total. The van der Waals surface area contributed by atoms with Crippen LogP contribution in [0.15, 0.2) is 23.6 Å². The first kappa shape index (κ1) is 11.0. The Morgan fingerprint density at radius 1 is 1.20 bits per heavy atom. The van der Waals surface area contributed by atoms with Gasteiger partial charge in [0.1, 0.15) is 15.9 Å². The van der Waals surface area contributed by atoms with Crippen molar-refractivity contribution in [2.45, 2.75) is 0 Å². The van der Waals surface area contributed by atoms with Gasteiger partial charge in [-0.1, -0.05) is 52.2 Å². The Morgan fingerprint density at radius 3 is 2.67 bits per heavy atom. The number of benzene rings is 1. The van der Waals surface area contributed by atoms with Crippen molar-refractivity contribution in [2.75, 3.05) is 0 Å². The zero-order valence-electron chi connectivity index (χ0n) is 7.21. The van der Waals surface area contributed by atoms with Crippen molar-refractivity contribution < 1.29 is 4.74 Å². The van der Waals surface area contributed by atoms with Crippen LogP contribution in [-0.4, -0.2) is 4.98 Å². The number of halogens is 3. The van der Waals surface area contributed by atoms with Crippen LogP contribution in [0.1, 0.15) is 0 Å². The number of hydrogen-bond acceptors (Lipinski definition) is 3. The van der Waals surface area contributed by atoms with Crippen molar-refractivity contribution >= 4 is 46.1 Å². The van der Waals surface area contributed by atoms with Crippen LogP contribution in [0, 0.1) is 0 Å². The lowest BCUT2D eigenvalue weighted by Gasteiger charge is -2.04. The zero-order chi connectivity index (χ0) is 10.8. The molecule has 0 saturated carbocycles. The van der Waals surface area contributed by atoms with E-state index in [-0.39, 0.29) is 0 Å². The molecule has 0 atom stereocenters. The van der Waals surface area contributed by atoms with E-state index in [0.29, 0.717) is 26.1 Å². The number of hydrogen-bond donors (Lipinski definition) is 0. The van der Waals surface area contributed by atoms with Gasteiger partial charge >= 0.3 is 0 Å². The largest absolute Gasteiger partial charge is 0.429 e. The van der Waals surface area contributed by atoms with E-state index in [2.05, 4.69) is 4.98 Å². The van der Waals surface area contributed by atoms with Crippen molar-refractivity contribution in [1.29, 1.82) is 0 Å². The molecule has 2 rings (SSSR count). The molecular weight excluding hydrogens is 277 g/mol. The van der Waals surface area contributed by atoms with Crippen LogP contribution in [0.25, 0.3) is 0 Å². The summed E-state index contributed by atoms with van der Waals surface area (Å²) >= 11 is 18.7. The van der Waals surface area contributed by atoms with E-state index >= 15 is 0 Å². The summed E-state index contributed by atoms with van der Waals surface area (Å²) in [6.45, 7) is 0. The van der Waals surface area contributed by atoms with Crippen molar-refractivity contribution in [3.05, 3.63) is 38.8 Å². The average molecular weight is 281 g/mol. The van der Waals surface area contributed by atoms with Crippen LogP contribution in [0.2, 0.25) is 15.2 Å². The highest BCUT2D eigenvalue weighted by Gasteiger charge is 2.08. The predicted octanol–water partition coefficient (Wildman–Crippen LogP) is 4.90. The molecule has 0 radical (unpaired) electrons. The Morgan fingerprint density at radius 2 is 2.00 bits per heavy atom. The first-order chi connectivity index (χ1) is 7.16. The van der Waals surface area contributed by atoms with E-state index in [1.165, 1.54) is 11.3 Å². The Kier molecular flexibility index (Phi) is 3.36. The average Bonchev–Trinajstić information content (AvgIpc) is 2.59. The maximum absolute atomic E-state index is 5.94. The Bertz CT molecular complexity index is 486. The molecule has 0 aliphatic heterocycles. The van der Waals surface area contributed by atoms with Crippen molar-refractivity contribution in [1.82, 2.24) is 4.98 Å². The fourth-order valence-corrected chi connectivity index (χ4v) is 2.07. The molecule has 0 spiro atoms. The molecule has 0 fully saturated rings. The molecule has 0 bridgehead atoms. The van der Waals surface area contributed by atoms with Gasteiger partial charge in [-0.2, -0.15) is 4.98 Å². The number of thiazole rings is 1. The Labute approximate surface area is 105 Å². The van der Waals surface area contributed by atoms with E-state index in [1.54, 1.807) is 23.6 Å². The van der Waals surface area contributed by atoms with Crippen LogP contribution < -0.4 is 4.74 Å².